The van der Waals surface area contributed by atoms with Gasteiger partial charge in [0, 0.05) is 31.1 Å². The highest BCUT2D eigenvalue weighted by atomic mass is 16.2. The molecular weight excluding hydrogens is 382 g/mol. The number of carbonyl (C=O) groups is 1. The van der Waals surface area contributed by atoms with E-state index >= 15 is 0 Å². The second-order valence-electron chi connectivity index (χ2n) is 9.65. The Kier molecular flexibility index (Phi) is 5.56. The van der Waals surface area contributed by atoms with Crippen molar-refractivity contribution in [2.45, 2.75) is 71.3 Å². The summed E-state index contributed by atoms with van der Waals surface area (Å²) in [6.45, 7) is 5.92. The molecule has 0 bridgehead atoms. The smallest absolute Gasteiger partial charge is 0.227 e. The molecule has 0 radical (unpaired) electrons. The van der Waals surface area contributed by atoms with Crippen molar-refractivity contribution < 1.29 is 4.79 Å². The molecular formula is C27H33N3O. The van der Waals surface area contributed by atoms with Gasteiger partial charge in [-0.25, -0.2) is 4.98 Å². The first-order valence-electron chi connectivity index (χ1n) is 11.9. The Hall–Kier alpha value is -2.62. The van der Waals surface area contributed by atoms with E-state index < -0.39 is 0 Å². The summed E-state index contributed by atoms with van der Waals surface area (Å²) in [5.41, 5.74) is 5.69. The first kappa shape index (κ1) is 20.3. The largest absolute Gasteiger partial charge is 0.328 e. The topological polar surface area (TPSA) is 38.1 Å². The van der Waals surface area contributed by atoms with E-state index in [4.69, 9.17) is 4.98 Å². The molecule has 1 aliphatic carbocycles. The summed E-state index contributed by atoms with van der Waals surface area (Å²) in [6.07, 6.45) is 8.64. The lowest BCUT2D eigenvalue weighted by molar-refractivity contribution is -0.117. The lowest BCUT2D eigenvalue weighted by atomic mass is 9.87. The minimum atomic E-state index is 0.145. The molecule has 4 heteroatoms. The van der Waals surface area contributed by atoms with Gasteiger partial charge in [0.25, 0.3) is 0 Å². The van der Waals surface area contributed by atoms with Crippen LogP contribution in [0, 0.1) is 19.8 Å². The highest BCUT2D eigenvalue weighted by molar-refractivity contribution is 5.96. The standard InChI is InChI=1S/C27H33N3O/c1-19-14-20(2)16-23(15-19)30-18-22(17-26(30)31)27-28-24-10-6-7-11-25(24)29(27)13-12-21-8-4-3-5-9-21/h6-7,10-11,14-16,21-22H,3-5,8-9,12-13,17-18H2,1-2H3/t22-/m1/s1. The fraction of sp³-hybridized carbons (Fsp3) is 0.481. The molecule has 2 heterocycles. The van der Waals surface area contributed by atoms with Gasteiger partial charge in [-0.1, -0.05) is 50.3 Å². The number of anilines is 1. The van der Waals surface area contributed by atoms with Crippen molar-refractivity contribution >= 4 is 22.6 Å². The maximum atomic E-state index is 13.0. The highest BCUT2D eigenvalue weighted by Gasteiger charge is 2.35. The number of imidazole rings is 1. The molecule has 0 spiro atoms. The summed E-state index contributed by atoms with van der Waals surface area (Å²) in [5, 5.41) is 0. The zero-order valence-corrected chi connectivity index (χ0v) is 18.8. The minimum Gasteiger partial charge on any atom is -0.328 e. The molecule has 1 aromatic heterocycles. The van der Waals surface area contributed by atoms with Gasteiger partial charge in [0.2, 0.25) is 5.91 Å². The maximum Gasteiger partial charge on any atom is 0.227 e. The SMILES string of the molecule is Cc1cc(C)cc(N2C[C@H](c3nc4ccccc4n3CCC3CCCCC3)CC2=O)c1. The fourth-order valence-corrected chi connectivity index (χ4v) is 5.66. The van der Waals surface area contributed by atoms with E-state index in [1.165, 1.54) is 55.2 Å². The number of aromatic nitrogens is 2. The van der Waals surface area contributed by atoms with E-state index in [0.29, 0.717) is 13.0 Å². The molecule has 1 saturated heterocycles. The molecule has 162 valence electrons. The number of aryl methyl sites for hydroxylation is 3. The highest BCUT2D eigenvalue weighted by Crippen LogP contribution is 2.35. The predicted octanol–water partition coefficient (Wildman–Crippen LogP) is 6.14. The van der Waals surface area contributed by atoms with Crippen LogP contribution in [0.2, 0.25) is 0 Å². The summed E-state index contributed by atoms with van der Waals surface area (Å²) in [4.78, 5) is 20.0. The van der Waals surface area contributed by atoms with Crippen LogP contribution in [-0.4, -0.2) is 22.0 Å². The van der Waals surface area contributed by atoms with E-state index in [2.05, 4.69) is 60.9 Å². The number of rotatable bonds is 5. The van der Waals surface area contributed by atoms with Gasteiger partial charge in [-0.2, -0.15) is 0 Å². The Morgan fingerprint density at radius 1 is 1.00 bits per heavy atom. The molecule has 2 aliphatic rings. The molecule has 5 rings (SSSR count). The van der Waals surface area contributed by atoms with Crippen molar-refractivity contribution in [3.05, 3.63) is 59.4 Å². The Morgan fingerprint density at radius 2 is 1.74 bits per heavy atom. The van der Waals surface area contributed by atoms with Crippen LogP contribution in [0.4, 0.5) is 5.69 Å². The van der Waals surface area contributed by atoms with Crippen LogP contribution in [-0.2, 0) is 11.3 Å². The number of amides is 1. The van der Waals surface area contributed by atoms with E-state index in [1.807, 2.05) is 4.90 Å². The van der Waals surface area contributed by atoms with E-state index in [9.17, 15) is 4.79 Å². The maximum absolute atomic E-state index is 13.0. The number of nitrogens with zero attached hydrogens (tertiary/aromatic N) is 3. The van der Waals surface area contributed by atoms with Crippen LogP contribution in [0.1, 0.15) is 67.8 Å². The van der Waals surface area contributed by atoms with Gasteiger partial charge in [-0.05, 0) is 61.6 Å². The van der Waals surface area contributed by atoms with Crippen molar-refractivity contribution in [1.29, 1.82) is 0 Å². The number of fused-ring (bicyclic) bond motifs is 1. The van der Waals surface area contributed by atoms with Crippen LogP contribution in [0.5, 0.6) is 0 Å². The third-order valence-electron chi connectivity index (χ3n) is 7.18. The molecule has 31 heavy (non-hydrogen) atoms. The average molecular weight is 416 g/mol. The molecule has 0 unspecified atom stereocenters. The summed E-state index contributed by atoms with van der Waals surface area (Å²) in [5.74, 6) is 2.28. The Labute approximate surface area is 185 Å². The van der Waals surface area contributed by atoms with Gasteiger partial charge >= 0.3 is 0 Å². The van der Waals surface area contributed by atoms with Gasteiger partial charge in [0.05, 0.1) is 11.0 Å². The first-order chi connectivity index (χ1) is 15.1. The van der Waals surface area contributed by atoms with Crippen molar-refractivity contribution in [2.75, 3.05) is 11.4 Å². The third-order valence-corrected chi connectivity index (χ3v) is 7.18. The predicted molar refractivity (Wildman–Crippen MR) is 127 cm³/mol. The second-order valence-corrected chi connectivity index (χ2v) is 9.65. The molecule has 2 aromatic carbocycles. The van der Waals surface area contributed by atoms with Gasteiger partial charge < -0.3 is 9.47 Å². The molecule has 1 amide bonds. The first-order valence-corrected chi connectivity index (χ1v) is 11.9. The van der Waals surface area contributed by atoms with Crippen LogP contribution in [0.25, 0.3) is 11.0 Å². The summed E-state index contributed by atoms with van der Waals surface area (Å²) in [7, 11) is 0. The van der Waals surface area contributed by atoms with Crippen LogP contribution < -0.4 is 4.90 Å². The molecule has 4 nitrogen and oxygen atoms in total. The number of hydrogen-bond acceptors (Lipinski definition) is 2. The zero-order chi connectivity index (χ0) is 21.4. The van der Waals surface area contributed by atoms with Crippen LogP contribution in [0.3, 0.4) is 0 Å². The minimum absolute atomic E-state index is 0.145. The number of benzene rings is 2. The summed E-state index contributed by atoms with van der Waals surface area (Å²) in [6, 6.07) is 14.9. The van der Waals surface area contributed by atoms with Crippen molar-refractivity contribution in [3.63, 3.8) is 0 Å². The Morgan fingerprint density at radius 3 is 2.52 bits per heavy atom. The fourth-order valence-electron chi connectivity index (χ4n) is 5.66. The van der Waals surface area contributed by atoms with Gasteiger partial charge in [-0.15, -0.1) is 0 Å². The average Bonchev–Trinajstić information content (AvgIpc) is 3.33. The van der Waals surface area contributed by atoms with E-state index in [1.54, 1.807) is 0 Å². The molecule has 1 saturated carbocycles. The summed E-state index contributed by atoms with van der Waals surface area (Å²) >= 11 is 0. The number of carbonyl (C=O) groups excluding carboxylic acids is 1. The van der Waals surface area contributed by atoms with Crippen molar-refractivity contribution in [3.8, 4) is 0 Å². The van der Waals surface area contributed by atoms with Crippen molar-refractivity contribution in [2.24, 2.45) is 5.92 Å². The lowest BCUT2D eigenvalue weighted by Gasteiger charge is -2.23. The molecule has 2 fully saturated rings. The molecule has 1 atom stereocenters. The van der Waals surface area contributed by atoms with Gasteiger partial charge in [-0.3, -0.25) is 4.79 Å². The number of hydrogen-bond donors (Lipinski definition) is 0. The van der Waals surface area contributed by atoms with E-state index in [0.717, 1.165) is 29.5 Å². The normalized spacial score (nSPS) is 20.1. The Bertz CT molecular complexity index is 1070. The van der Waals surface area contributed by atoms with E-state index in [-0.39, 0.29) is 11.8 Å². The van der Waals surface area contributed by atoms with Gasteiger partial charge in [0.1, 0.15) is 5.82 Å². The number of para-hydroxylation sites is 2. The Balaban J connectivity index is 1.43. The van der Waals surface area contributed by atoms with Gasteiger partial charge in [0.15, 0.2) is 0 Å². The molecule has 3 aromatic rings. The molecule has 1 aliphatic heterocycles. The third kappa shape index (κ3) is 4.13. The van der Waals surface area contributed by atoms with Crippen LogP contribution >= 0.6 is 0 Å². The zero-order valence-electron chi connectivity index (χ0n) is 18.8. The second kappa shape index (κ2) is 8.49. The summed E-state index contributed by atoms with van der Waals surface area (Å²) < 4.78 is 2.42. The van der Waals surface area contributed by atoms with Crippen LogP contribution in [0.15, 0.2) is 42.5 Å². The lowest BCUT2D eigenvalue weighted by Crippen LogP contribution is -2.24. The quantitative estimate of drug-likeness (QED) is 0.502. The monoisotopic (exact) mass is 415 g/mol. The molecule has 0 N–H and O–H groups in total. The van der Waals surface area contributed by atoms with Crippen molar-refractivity contribution in [1.82, 2.24) is 9.55 Å².